The van der Waals surface area contributed by atoms with E-state index < -0.39 is 0 Å². The van der Waals surface area contributed by atoms with Gasteiger partial charge in [-0.2, -0.15) is 0 Å². The Morgan fingerprint density at radius 1 is 1.18 bits per heavy atom. The monoisotopic (exact) mass is 224 g/mol. The predicted octanol–water partition coefficient (Wildman–Crippen LogP) is 3.73. The van der Waals surface area contributed by atoms with Crippen LogP contribution in [-0.4, -0.2) is 6.21 Å². The summed E-state index contributed by atoms with van der Waals surface area (Å²) >= 11 is 0. The normalized spacial score (nSPS) is 15.4. The second-order valence-corrected chi connectivity index (χ2v) is 3.78. The number of para-hydroxylation sites is 1. The molecule has 17 heavy (non-hydrogen) atoms. The summed E-state index contributed by atoms with van der Waals surface area (Å²) < 4.78 is 0. The molecule has 2 rings (SSSR count). The van der Waals surface area contributed by atoms with Gasteiger partial charge in [0.25, 0.3) is 0 Å². The van der Waals surface area contributed by atoms with Crippen LogP contribution in [0.25, 0.3) is 0 Å². The summed E-state index contributed by atoms with van der Waals surface area (Å²) in [5.41, 5.74) is 2.22. The van der Waals surface area contributed by atoms with Crippen molar-refractivity contribution in [2.75, 3.05) is 0 Å². The van der Waals surface area contributed by atoms with Gasteiger partial charge in [0.2, 0.25) is 0 Å². The molecule has 0 spiro atoms. The number of benzene rings is 1. The van der Waals surface area contributed by atoms with Crippen molar-refractivity contribution in [2.24, 2.45) is 4.99 Å². The van der Waals surface area contributed by atoms with Gasteiger partial charge in [-0.15, -0.1) is 0 Å². The fraction of sp³-hybridized carbons (Fsp3) is 0.133. The van der Waals surface area contributed by atoms with Gasteiger partial charge in [0.15, 0.2) is 0 Å². The highest BCUT2D eigenvalue weighted by Crippen LogP contribution is 2.09. The standard InChI is InChI=1S/C15H16N2/c1-3-8-14(9-4-1)16-12-7-13-17-15-10-5-2-6-11-15/h1-5,7-10,12-13,17H,6,11H2/b13-7+,16-12+. The van der Waals surface area contributed by atoms with Crippen LogP contribution in [0.1, 0.15) is 12.8 Å². The van der Waals surface area contributed by atoms with Crippen LogP contribution in [0.2, 0.25) is 0 Å². The van der Waals surface area contributed by atoms with Crippen LogP contribution in [0.4, 0.5) is 5.69 Å². The van der Waals surface area contributed by atoms with E-state index in [1.165, 1.54) is 5.70 Å². The number of allylic oxidation sites excluding steroid dienone is 5. The van der Waals surface area contributed by atoms with E-state index in [4.69, 9.17) is 0 Å². The van der Waals surface area contributed by atoms with E-state index in [2.05, 4.69) is 28.5 Å². The van der Waals surface area contributed by atoms with Crippen LogP contribution in [0.5, 0.6) is 0 Å². The molecule has 2 nitrogen and oxygen atoms in total. The highest BCUT2D eigenvalue weighted by Gasteiger charge is 1.94. The lowest BCUT2D eigenvalue weighted by molar-refractivity contribution is 0.870. The molecule has 0 saturated carbocycles. The Labute approximate surface area is 102 Å². The molecule has 0 aliphatic heterocycles. The molecule has 0 heterocycles. The second kappa shape index (κ2) is 6.48. The highest BCUT2D eigenvalue weighted by molar-refractivity contribution is 5.74. The zero-order valence-corrected chi connectivity index (χ0v) is 9.71. The molecular weight excluding hydrogens is 208 g/mol. The molecule has 1 aromatic rings. The minimum Gasteiger partial charge on any atom is -0.365 e. The van der Waals surface area contributed by atoms with Crippen LogP contribution >= 0.6 is 0 Å². The van der Waals surface area contributed by atoms with Crippen molar-refractivity contribution in [3.63, 3.8) is 0 Å². The number of nitrogens with zero attached hydrogens (tertiary/aromatic N) is 1. The molecular formula is C15H16N2. The third kappa shape index (κ3) is 4.11. The maximum atomic E-state index is 4.30. The first-order chi connectivity index (χ1) is 8.45. The third-order valence-corrected chi connectivity index (χ3v) is 2.44. The van der Waals surface area contributed by atoms with Crippen molar-refractivity contribution in [2.45, 2.75) is 12.8 Å². The first kappa shape index (κ1) is 11.4. The largest absolute Gasteiger partial charge is 0.365 e. The van der Waals surface area contributed by atoms with Crippen LogP contribution in [0, 0.1) is 0 Å². The quantitative estimate of drug-likeness (QED) is 0.774. The van der Waals surface area contributed by atoms with Gasteiger partial charge < -0.3 is 5.32 Å². The molecule has 0 fully saturated rings. The maximum Gasteiger partial charge on any atom is 0.0629 e. The summed E-state index contributed by atoms with van der Waals surface area (Å²) in [5.74, 6) is 0. The predicted molar refractivity (Wildman–Crippen MR) is 73.3 cm³/mol. The Balaban J connectivity index is 1.80. The van der Waals surface area contributed by atoms with Gasteiger partial charge >= 0.3 is 0 Å². The Morgan fingerprint density at radius 2 is 2.06 bits per heavy atom. The van der Waals surface area contributed by atoms with Crippen molar-refractivity contribution in [1.82, 2.24) is 5.32 Å². The minimum atomic E-state index is 0.969. The lowest BCUT2D eigenvalue weighted by Crippen LogP contribution is -2.05. The molecule has 0 radical (unpaired) electrons. The average Bonchev–Trinajstić information content (AvgIpc) is 2.41. The van der Waals surface area contributed by atoms with E-state index in [1.807, 2.05) is 42.6 Å². The summed E-state index contributed by atoms with van der Waals surface area (Å²) in [6, 6.07) is 9.90. The van der Waals surface area contributed by atoms with Crippen molar-refractivity contribution in [3.05, 3.63) is 66.5 Å². The number of rotatable bonds is 4. The lowest BCUT2D eigenvalue weighted by atomic mass is 10.1. The number of hydrogen-bond acceptors (Lipinski definition) is 2. The van der Waals surface area contributed by atoms with Crippen molar-refractivity contribution < 1.29 is 0 Å². The maximum absolute atomic E-state index is 4.30. The van der Waals surface area contributed by atoms with Gasteiger partial charge in [-0.1, -0.05) is 30.4 Å². The topological polar surface area (TPSA) is 24.4 Å². The van der Waals surface area contributed by atoms with Crippen LogP contribution < -0.4 is 5.32 Å². The van der Waals surface area contributed by atoms with E-state index in [9.17, 15) is 0 Å². The third-order valence-electron chi connectivity index (χ3n) is 2.44. The Kier molecular flexibility index (Phi) is 4.35. The molecule has 0 unspecified atom stereocenters. The van der Waals surface area contributed by atoms with E-state index in [1.54, 1.807) is 6.21 Å². The molecule has 0 aromatic heterocycles. The molecule has 1 aliphatic carbocycles. The van der Waals surface area contributed by atoms with E-state index in [-0.39, 0.29) is 0 Å². The Morgan fingerprint density at radius 3 is 2.82 bits per heavy atom. The van der Waals surface area contributed by atoms with Gasteiger partial charge in [-0.05, 0) is 37.1 Å². The SMILES string of the molecule is C1=CCCC(N/C=C/C=N/c2ccccc2)=C1. The smallest absolute Gasteiger partial charge is 0.0629 e. The molecule has 1 aromatic carbocycles. The van der Waals surface area contributed by atoms with Gasteiger partial charge in [-0.25, -0.2) is 0 Å². The first-order valence-corrected chi connectivity index (χ1v) is 5.81. The molecule has 2 heteroatoms. The van der Waals surface area contributed by atoms with Gasteiger partial charge in [0.05, 0.1) is 5.69 Å². The molecule has 0 bridgehead atoms. The lowest BCUT2D eigenvalue weighted by Gasteiger charge is -2.07. The molecule has 86 valence electrons. The summed E-state index contributed by atoms with van der Waals surface area (Å²) in [7, 11) is 0. The fourth-order valence-electron chi connectivity index (χ4n) is 1.56. The van der Waals surface area contributed by atoms with E-state index >= 15 is 0 Å². The average molecular weight is 224 g/mol. The fourth-order valence-corrected chi connectivity index (χ4v) is 1.56. The molecule has 1 N–H and O–H groups in total. The number of hydrogen-bond donors (Lipinski definition) is 1. The number of aliphatic imine (C=N–C) groups is 1. The van der Waals surface area contributed by atoms with Gasteiger partial charge in [0.1, 0.15) is 0 Å². The Hall–Kier alpha value is -2.09. The molecule has 1 aliphatic rings. The van der Waals surface area contributed by atoms with Crippen LogP contribution in [0.15, 0.2) is 71.5 Å². The van der Waals surface area contributed by atoms with Crippen molar-refractivity contribution in [1.29, 1.82) is 0 Å². The van der Waals surface area contributed by atoms with E-state index in [0.717, 1.165) is 18.5 Å². The molecule has 0 saturated heterocycles. The minimum absolute atomic E-state index is 0.969. The first-order valence-electron chi connectivity index (χ1n) is 5.81. The highest BCUT2D eigenvalue weighted by atomic mass is 14.8. The zero-order chi connectivity index (χ0) is 11.8. The zero-order valence-electron chi connectivity index (χ0n) is 9.71. The van der Waals surface area contributed by atoms with Gasteiger partial charge in [0, 0.05) is 18.1 Å². The molecule has 0 atom stereocenters. The van der Waals surface area contributed by atoms with Gasteiger partial charge in [-0.3, -0.25) is 4.99 Å². The van der Waals surface area contributed by atoms with Crippen molar-refractivity contribution in [3.8, 4) is 0 Å². The summed E-state index contributed by atoms with van der Waals surface area (Å²) in [6.07, 6.45) is 14.2. The summed E-state index contributed by atoms with van der Waals surface area (Å²) in [6.45, 7) is 0. The van der Waals surface area contributed by atoms with Crippen LogP contribution in [-0.2, 0) is 0 Å². The summed E-state index contributed by atoms with van der Waals surface area (Å²) in [5, 5.41) is 3.25. The Bertz CT molecular complexity index is 453. The summed E-state index contributed by atoms with van der Waals surface area (Å²) in [4.78, 5) is 4.30. The molecule has 0 amide bonds. The van der Waals surface area contributed by atoms with Crippen LogP contribution in [0.3, 0.4) is 0 Å². The second-order valence-electron chi connectivity index (χ2n) is 3.78. The van der Waals surface area contributed by atoms with E-state index in [0.29, 0.717) is 0 Å². The number of nitrogens with one attached hydrogen (secondary N) is 1. The van der Waals surface area contributed by atoms with Crippen molar-refractivity contribution >= 4 is 11.9 Å².